The second kappa shape index (κ2) is 11.8. The third-order valence-electron chi connectivity index (χ3n) is 6.09. The topological polar surface area (TPSA) is 89.1 Å². The summed E-state index contributed by atoms with van der Waals surface area (Å²) in [6, 6.07) is 12.0. The van der Waals surface area contributed by atoms with Gasteiger partial charge in [-0.1, -0.05) is 29.8 Å². The van der Waals surface area contributed by atoms with Gasteiger partial charge in [0, 0.05) is 29.1 Å². The van der Waals surface area contributed by atoms with Crippen LogP contribution in [0, 0.1) is 6.92 Å². The van der Waals surface area contributed by atoms with Gasteiger partial charge < -0.3 is 14.8 Å². The normalized spacial score (nSPS) is 12.8. The van der Waals surface area contributed by atoms with Crippen LogP contribution < -0.4 is 10.1 Å². The number of benzene rings is 2. The average molecular weight is 575 g/mol. The highest BCUT2D eigenvalue weighted by molar-refractivity contribution is 6.32. The van der Waals surface area contributed by atoms with E-state index in [0.29, 0.717) is 28.5 Å². The Morgan fingerprint density at radius 3 is 2.50 bits per heavy atom. The molecule has 0 spiro atoms. The van der Waals surface area contributed by atoms with Crippen molar-refractivity contribution in [2.75, 3.05) is 6.61 Å². The lowest BCUT2D eigenvalue weighted by molar-refractivity contribution is -0.137. The maximum Gasteiger partial charge on any atom is 0.416 e. The first kappa shape index (κ1) is 29.2. The number of nitrogens with zero attached hydrogens (tertiary/aromatic N) is 2. The Labute approximate surface area is 235 Å². The summed E-state index contributed by atoms with van der Waals surface area (Å²) in [5, 5.41) is 11.3. The Balaban J connectivity index is 1.46. The fraction of sp³-hybridized carbons (Fsp3) is 0.345. The van der Waals surface area contributed by atoms with E-state index in [1.54, 1.807) is 26.8 Å². The number of amides is 1. The number of fused-ring (bicyclic) bond motifs is 1. The van der Waals surface area contributed by atoms with Crippen LogP contribution in [0.2, 0.25) is 5.15 Å². The number of aryl methyl sites for hydroxylation is 1. The molecule has 0 aliphatic rings. The van der Waals surface area contributed by atoms with Crippen LogP contribution >= 0.6 is 11.6 Å². The van der Waals surface area contributed by atoms with Gasteiger partial charge in [-0.15, -0.1) is 0 Å². The highest BCUT2D eigenvalue weighted by atomic mass is 35.5. The van der Waals surface area contributed by atoms with Crippen molar-refractivity contribution in [2.24, 2.45) is 0 Å². The first-order valence-corrected chi connectivity index (χ1v) is 13.1. The molecule has 4 aromatic rings. The van der Waals surface area contributed by atoms with E-state index >= 15 is 0 Å². The van der Waals surface area contributed by atoms with Crippen LogP contribution in [0.1, 0.15) is 44.0 Å². The monoisotopic (exact) mass is 574 g/mol. The molecule has 7 nitrogen and oxygen atoms in total. The second-order valence-electron chi connectivity index (χ2n) is 10.5. The number of rotatable bonds is 8. The van der Waals surface area contributed by atoms with Gasteiger partial charge in [0.15, 0.2) is 0 Å². The number of pyridine rings is 1. The summed E-state index contributed by atoms with van der Waals surface area (Å²) in [6.07, 6.45) is -2.88. The molecule has 1 amide bonds. The molecule has 0 bridgehead atoms. The van der Waals surface area contributed by atoms with Crippen molar-refractivity contribution in [3.8, 4) is 16.9 Å². The van der Waals surface area contributed by atoms with Gasteiger partial charge in [-0.05, 0) is 75.6 Å². The number of carbonyl (C=O) groups is 1. The molecule has 212 valence electrons. The zero-order chi connectivity index (χ0) is 29.1. The molecule has 0 saturated carbocycles. The minimum Gasteiger partial charge on any atom is -0.492 e. The molecule has 0 aliphatic carbocycles. The summed E-state index contributed by atoms with van der Waals surface area (Å²) in [5.41, 5.74) is 2.52. The zero-order valence-electron chi connectivity index (χ0n) is 22.5. The van der Waals surface area contributed by atoms with Crippen molar-refractivity contribution >= 4 is 28.6 Å². The molecule has 11 heteroatoms. The van der Waals surface area contributed by atoms with Crippen LogP contribution in [-0.2, 0) is 17.3 Å². The third-order valence-corrected chi connectivity index (χ3v) is 6.39. The van der Waals surface area contributed by atoms with E-state index in [2.05, 4.69) is 20.5 Å². The smallest absolute Gasteiger partial charge is 0.416 e. The van der Waals surface area contributed by atoms with Crippen molar-refractivity contribution in [1.29, 1.82) is 0 Å². The summed E-state index contributed by atoms with van der Waals surface area (Å²) in [5.74, 6) is 0.481. The number of carbonyl (C=O) groups excluding carboxylic acids is 1. The molecule has 2 heterocycles. The van der Waals surface area contributed by atoms with Gasteiger partial charge in [0.25, 0.3) is 0 Å². The van der Waals surface area contributed by atoms with E-state index in [4.69, 9.17) is 21.1 Å². The number of hydrogen-bond acceptors (Lipinski definition) is 5. The van der Waals surface area contributed by atoms with Crippen molar-refractivity contribution < 1.29 is 27.4 Å². The predicted molar refractivity (Wildman–Crippen MR) is 147 cm³/mol. The summed E-state index contributed by atoms with van der Waals surface area (Å²) in [7, 11) is 0. The average Bonchev–Trinajstić information content (AvgIpc) is 3.23. The first-order chi connectivity index (χ1) is 18.8. The first-order valence-electron chi connectivity index (χ1n) is 12.7. The molecule has 2 aromatic carbocycles. The fourth-order valence-electron chi connectivity index (χ4n) is 4.15. The summed E-state index contributed by atoms with van der Waals surface area (Å²) in [6.45, 7) is 7.38. The molecule has 2 aromatic heterocycles. The van der Waals surface area contributed by atoms with Crippen LogP contribution in [0.5, 0.6) is 5.75 Å². The van der Waals surface area contributed by atoms with Gasteiger partial charge >= 0.3 is 12.3 Å². The fourth-order valence-corrected chi connectivity index (χ4v) is 4.36. The van der Waals surface area contributed by atoms with Gasteiger partial charge in [0.1, 0.15) is 16.5 Å². The standard InChI is InChI=1S/C29H30ClF3N4O3/c1-17-23-14-19(7-10-25(23)37-36-17)24-15-22(16-34-26(24)30)39-12-11-21(35-27(38)40-28(2,3)4)13-18-5-8-20(9-6-18)29(31,32)33/h5-10,14-16,21H,11-13H2,1-4H3,(H,35,38)(H,36,37)/t21-/m1/s1. The molecule has 0 saturated heterocycles. The van der Waals surface area contributed by atoms with E-state index in [0.717, 1.165) is 34.3 Å². The largest absolute Gasteiger partial charge is 0.492 e. The maximum absolute atomic E-state index is 13.0. The third kappa shape index (κ3) is 7.65. The van der Waals surface area contributed by atoms with Crippen molar-refractivity contribution in [3.63, 3.8) is 0 Å². The lowest BCUT2D eigenvalue weighted by Crippen LogP contribution is -2.41. The lowest BCUT2D eigenvalue weighted by Gasteiger charge is -2.24. The van der Waals surface area contributed by atoms with Crippen LogP contribution in [0.4, 0.5) is 18.0 Å². The summed E-state index contributed by atoms with van der Waals surface area (Å²) in [4.78, 5) is 16.7. The Bertz CT molecular complexity index is 1480. The number of alkyl halides is 3. The van der Waals surface area contributed by atoms with Gasteiger partial charge in [-0.25, -0.2) is 9.78 Å². The van der Waals surface area contributed by atoms with Gasteiger partial charge in [-0.3, -0.25) is 5.10 Å². The van der Waals surface area contributed by atoms with E-state index in [1.165, 1.54) is 18.3 Å². The quantitative estimate of drug-likeness (QED) is 0.213. The number of ether oxygens (including phenoxy) is 2. The van der Waals surface area contributed by atoms with Crippen molar-refractivity contribution in [3.05, 3.63) is 76.7 Å². The van der Waals surface area contributed by atoms with Crippen molar-refractivity contribution in [1.82, 2.24) is 20.5 Å². The summed E-state index contributed by atoms with van der Waals surface area (Å²) < 4.78 is 50.2. The minimum absolute atomic E-state index is 0.198. The number of nitrogens with one attached hydrogen (secondary N) is 2. The summed E-state index contributed by atoms with van der Waals surface area (Å²) >= 11 is 6.40. The number of aromatic nitrogens is 3. The van der Waals surface area contributed by atoms with Crippen molar-refractivity contribution in [2.45, 2.75) is 58.4 Å². The van der Waals surface area contributed by atoms with Crippen LogP contribution in [-0.4, -0.2) is 39.5 Å². The molecule has 0 unspecified atom stereocenters. The van der Waals surface area contributed by atoms with Crippen LogP contribution in [0.15, 0.2) is 54.7 Å². The molecular formula is C29H30ClF3N4O3. The highest BCUT2D eigenvalue weighted by Gasteiger charge is 2.30. The molecule has 40 heavy (non-hydrogen) atoms. The van der Waals surface area contributed by atoms with E-state index in [1.807, 2.05) is 25.1 Å². The maximum atomic E-state index is 13.0. The van der Waals surface area contributed by atoms with Gasteiger partial charge in [0.05, 0.1) is 23.9 Å². The zero-order valence-corrected chi connectivity index (χ0v) is 23.3. The van der Waals surface area contributed by atoms with E-state index in [-0.39, 0.29) is 13.0 Å². The minimum atomic E-state index is -4.42. The molecule has 0 radical (unpaired) electrons. The molecule has 0 aliphatic heterocycles. The number of H-pyrrole nitrogens is 1. The van der Waals surface area contributed by atoms with Gasteiger partial charge in [-0.2, -0.15) is 18.3 Å². The Morgan fingerprint density at radius 2 is 1.82 bits per heavy atom. The SMILES string of the molecule is Cc1[nH]nc2ccc(-c3cc(OCC[C@H](Cc4ccc(C(F)(F)F)cc4)NC(=O)OC(C)(C)C)cnc3Cl)cc12. The van der Waals surface area contributed by atoms with Crippen LogP contribution in [0.25, 0.3) is 22.0 Å². The molecule has 4 rings (SSSR count). The second-order valence-corrected chi connectivity index (χ2v) is 10.8. The van der Waals surface area contributed by atoms with Crippen LogP contribution in [0.3, 0.4) is 0 Å². The van der Waals surface area contributed by atoms with E-state index in [9.17, 15) is 18.0 Å². The lowest BCUT2D eigenvalue weighted by atomic mass is 10.0. The molecule has 0 fully saturated rings. The molecular weight excluding hydrogens is 545 g/mol. The number of halogens is 4. The predicted octanol–water partition coefficient (Wildman–Crippen LogP) is 7.51. The number of alkyl carbamates (subject to hydrolysis) is 1. The molecule has 1 atom stereocenters. The Hall–Kier alpha value is -3.79. The van der Waals surface area contributed by atoms with Gasteiger partial charge in [0.2, 0.25) is 0 Å². The van der Waals surface area contributed by atoms with E-state index < -0.39 is 29.5 Å². The highest BCUT2D eigenvalue weighted by Crippen LogP contribution is 2.32. The Morgan fingerprint density at radius 1 is 1.10 bits per heavy atom. The number of aromatic amines is 1. The Kier molecular flexibility index (Phi) is 8.58. The number of hydrogen-bond donors (Lipinski definition) is 2. The molecule has 2 N–H and O–H groups in total.